The molecule has 0 spiro atoms. The maximum atomic E-state index is 5.91. The zero-order valence-electron chi connectivity index (χ0n) is 10.6. The smallest absolute Gasteiger partial charge is 0.0624 e. The van der Waals surface area contributed by atoms with Gasteiger partial charge in [-0.15, -0.1) is 0 Å². The van der Waals surface area contributed by atoms with Crippen molar-refractivity contribution in [2.45, 2.75) is 53.6 Å². The van der Waals surface area contributed by atoms with E-state index in [4.69, 9.17) is 4.74 Å². The Balaban J connectivity index is 4.10. The Morgan fingerprint density at radius 3 is 1.93 bits per heavy atom. The summed E-state index contributed by atoms with van der Waals surface area (Å²) in [7, 11) is 0. The molecule has 0 radical (unpaired) electrons. The molecule has 0 saturated carbocycles. The van der Waals surface area contributed by atoms with Crippen LogP contribution in [0.25, 0.3) is 0 Å². The van der Waals surface area contributed by atoms with Gasteiger partial charge >= 0.3 is 0 Å². The van der Waals surface area contributed by atoms with Crippen molar-refractivity contribution in [3.63, 3.8) is 0 Å². The number of hydrogen-bond donors (Lipinski definition) is 1. The van der Waals surface area contributed by atoms with E-state index in [1.807, 2.05) is 0 Å². The summed E-state index contributed by atoms with van der Waals surface area (Å²) >= 11 is 4.39. The fraction of sp³-hybridized carbons (Fsp3) is 1.00. The summed E-state index contributed by atoms with van der Waals surface area (Å²) in [5, 5.41) is 0. The van der Waals surface area contributed by atoms with Gasteiger partial charge in [0.2, 0.25) is 0 Å². The molecule has 0 aliphatic carbocycles. The van der Waals surface area contributed by atoms with Crippen LogP contribution in [0.5, 0.6) is 0 Å². The van der Waals surface area contributed by atoms with Crippen LogP contribution in [0.1, 0.15) is 48.0 Å². The van der Waals surface area contributed by atoms with Gasteiger partial charge in [-0.3, -0.25) is 0 Å². The minimum Gasteiger partial charge on any atom is -0.375 e. The highest BCUT2D eigenvalue weighted by Crippen LogP contribution is 2.28. The summed E-state index contributed by atoms with van der Waals surface area (Å²) in [6, 6.07) is 0. The minimum absolute atomic E-state index is 0.00640. The molecule has 0 aromatic rings. The van der Waals surface area contributed by atoms with Gasteiger partial charge in [-0.1, -0.05) is 27.7 Å². The average molecular weight is 218 g/mol. The fourth-order valence-electron chi connectivity index (χ4n) is 1.00. The maximum Gasteiger partial charge on any atom is 0.0624 e. The Morgan fingerprint density at radius 2 is 1.64 bits per heavy atom. The molecule has 1 atom stereocenters. The van der Waals surface area contributed by atoms with E-state index in [0.29, 0.717) is 5.92 Å². The first-order valence-corrected chi connectivity index (χ1v) is 6.11. The molecule has 0 aliphatic heterocycles. The second kappa shape index (κ2) is 5.41. The van der Waals surface area contributed by atoms with Gasteiger partial charge < -0.3 is 4.74 Å². The Morgan fingerprint density at radius 1 is 1.14 bits per heavy atom. The van der Waals surface area contributed by atoms with E-state index in [0.717, 1.165) is 18.8 Å². The monoisotopic (exact) mass is 218 g/mol. The molecule has 86 valence electrons. The number of hydrogen-bond acceptors (Lipinski definition) is 2. The van der Waals surface area contributed by atoms with E-state index in [1.165, 1.54) is 0 Å². The second-order valence-electron chi connectivity index (χ2n) is 5.67. The molecule has 0 rings (SSSR count). The molecule has 0 heterocycles. The largest absolute Gasteiger partial charge is 0.375 e. The first kappa shape index (κ1) is 14.3. The van der Waals surface area contributed by atoms with Crippen LogP contribution in [0, 0.1) is 11.3 Å². The first-order valence-electron chi connectivity index (χ1n) is 5.47. The third-order valence-corrected chi connectivity index (χ3v) is 3.41. The highest BCUT2D eigenvalue weighted by molar-refractivity contribution is 7.80. The van der Waals surface area contributed by atoms with Gasteiger partial charge in [0.15, 0.2) is 0 Å². The van der Waals surface area contributed by atoms with Crippen molar-refractivity contribution in [1.29, 1.82) is 0 Å². The van der Waals surface area contributed by atoms with Crippen molar-refractivity contribution in [3.05, 3.63) is 0 Å². The molecule has 0 aliphatic rings. The molecule has 0 bridgehead atoms. The van der Waals surface area contributed by atoms with Crippen molar-refractivity contribution < 1.29 is 4.74 Å². The highest BCUT2D eigenvalue weighted by atomic mass is 32.1. The van der Waals surface area contributed by atoms with Crippen LogP contribution in [0.4, 0.5) is 0 Å². The van der Waals surface area contributed by atoms with Crippen LogP contribution in [0.3, 0.4) is 0 Å². The Labute approximate surface area is 95.0 Å². The Hall–Kier alpha value is 0.310. The second-order valence-corrected chi connectivity index (χ2v) is 6.03. The van der Waals surface area contributed by atoms with Crippen LogP contribution in [-0.2, 0) is 4.74 Å². The lowest BCUT2D eigenvalue weighted by Gasteiger charge is -2.33. The van der Waals surface area contributed by atoms with Crippen LogP contribution in [0.15, 0.2) is 0 Å². The number of rotatable bonds is 5. The van der Waals surface area contributed by atoms with Crippen molar-refractivity contribution in [2.24, 2.45) is 11.3 Å². The maximum absolute atomic E-state index is 5.91. The lowest BCUT2D eigenvalue weighted by Crippen LogP contribution is -2.32. The van der Waals surface area contributed by atoms with Crippen LogP contribution >= 0.6 is 12.6 Å². The summed E-state index contributed by atoms with van der Waals surface area (Å²) < 4.78 is 5.91. The molecule has 2 heteroatoms. The Kier molecular flexibility index (Phi) is 5.53. The third-order valence-electron chi connectivity index (χ3n) is 2.97. The van der Waals surface area contributed by atoms with Crippen LogP contribution in [0.2, 0.25) is 0 Å². The van der Waals surface area contributed by atoms with Gasteiger partial charge in [0.05, 0.1) is 12.2 Å². The predicted octanol–water partition coefficient (Wildman–Crippen LogP) is 3.78. The SMILES string of the molecule is CCC(C)(C)OCC(CS)C(C)(C)C. The molecule has 1 nitrogen and oxygen atoms in total. The summed E-state index contributed by atoms with van der Waals surface area (Å²) in [6.45, 7) is 14.0. The van der Waals surface area contributed by atoms with Gasteiger partial charge in [0.1, 0.15) is 0 Å². The molecule has 0 N–H and O–H groups in total. The third kappa shape index (κ3) is 5.26. The predicted molar refractivity (Wildman–Crippen MR) is 67.1 cm³/mol. The normalized spacial score (nSPS) is 15.6. The summed E-state index contributed by atoms with van der Waals surface area (Å²) in [5.74, 6) is 1.42. The number of ether oxygens (including phenoxy) is 1. The van der Waals surface area contributed by atoms with Gasteiger partial charge in [0.25, 0.3) is 0 Å². The topological polar surface area (TPSA) is 9.23 Å². The van der Waals surface area contributed by atoms with E-state index < -0.39 is 0 Å². The molecule has 0 aromatic heterocycles. The fourth-order valence-corrected chi connectivity index (χ4v) is 1.66. The van der Waals surface area contributed by atoms with E-state index >= 15 is 0 Å². The molecule has 0 amide bonds. The van der Waals surface area contributed by atoms with Crippen LogP contribution < -0.4 is 0 Å². The minimum atomic E-state index is 0.00640. The van der Waals surface area contributed by atoms with Crippen molar-refractivity contribution in [3.8, 4) is 0 Å². The van der Waals surface area contributed by atoms with E-state index in [-0.39, 0.29) is 11.0 Å². The summed E-state index contributed by atoms with van der Waals surface area (Å²) in [4.78, 5) is 0. The van der Waals surface area contributed by atoms with Gasteiger partial charge in [0, 0.05) is 0 Å². The summed E-state index contributed by atoms with van der Waals surface area (Å²) in [6.07, 6.45) is 1.05. The van der Waals surface area contributed by atoms with Gasteiger partial charge in [-0.25, -0.2) is 0 Å². The van der Waals surface area contributed by atoms with E-state index in [2.05, 4.69) is 54.2 Å². The quantitative estimate of drug-likeness (QED) is 0.691. The Bertz CT molecular complexity index is 158. The average Bonchev–Trinajstić information content (AvgIpc) is 2.03. The molecule has 1 unspecified atom stereocenters. The first-order chi connectivity index (χ1) is 6.23. The number of thiol groups is 1. The lowest BCUT2D eigenvalue weighted by atomic mass is 9.82. The van der Waals surface area contributed by atoms with Gasteiger partial charge in [-0.2, -0.15) is 12.6 Å². The standard InChI is InChI=1S/C12H26OS/c1-7-12(5,6)13-8-10(9-14)11(2,3)4/h10,14H,7-9H2,1-6H3. The highest BCUT2D eigenvalue weighted by Gasteiger charge is 2.26. The molecule has 0 fully saturated rings. The molecular weight excluding hydrogens is 192 g/mol. The van der Waals surface area contributed by atoms with Gasteiger partial charge in [-0.05, 0) is 37.4 Å². The summed E-state index contributed by atoms with van der Waals surface area (Å²) in [5.41, 5.74) is 0.290. The van der Waals surface area contributed by atoms with E-state index in [9.17, 15) is 0 Å². The zero-order chi connectivity index (χ0) is 11.4. The van der Waals surface area contributed by atoms with Crippen molar-refractivity contribution in [2.75, 3.05) is 12.4 Å². The van der Waals surface area contributed by atoms with Crippen LogP contribution in [-0.4, -0.2) is 18.0 Å². The van der Waals surface area contributed by atoms with Crippen molar-refractivity contribution >= 4 is 12.6 Å². The molecular formula is C12H26OS. The van der Waals surface area contributed by atoms with Crippen molar-refractivity contribution in [1.82, 2.24) is 0 Å². The molecule has 0 saturated heterocycles. The lowest BCUT2D eigenvalue weighted by molar-refractivity contribution is -0.0497. The molecule has 14 heavy (non-hydrogen) atoms. The van der Waals surface area contributed by atoms with E-state index in [1.54, 1.807) is 0 Å². The zero-order valence-corrected chi connectivity index (χ0v) is 11.4. The molecule has 0 aromatic carbocycles.